The number of aryl methyl sites for hydroxylation is 1. The van der Waals surface area contributed by atoms with E-state index in [9.17, 15) is 9.59 Å². The fraction of sp³-hybridized carbons (Fsp3) is 0.176. The maximum atomic E-state index is 12.1. The topological polar surface area (TPSA) is 64.6 Å². The van der Waals surface area contributed by atoms with Crippen LogP contribution in [0.4, 0.5) is 5.69 Å². The molecule has 0 heterocycles. The van der Waals surface area contributed by atoms with Crippen LogP contribution in [0.5, 0.6) is 5.75 Å². The van der Waals surface area contributed by atoms with Crippen LogP contribution in [0.1, 0.15) is 15.9 Å². The Balaban J connectivity index is 2.07. The normalized spacial score (nSPS) is 10.4. The van der Waals surface area contributed by atoms with Gasteiger partial charge in [0.15, 0.2) is 6.61 Å². The van der Waals surface area contributed by atoms with Crippen molar-refractivity contribution in [3.63, 3.8) is 0 Å². The van der Waals surface area contributed by atoms with Crippen molar-refractivity contribution in [2.75, 3.05) is 19.0 Å². The number of rotatable bonds is 5. The third-order valence-corrected chi connectivity index (χ3v) is 4.86. The number of nitrogens with one attached hydrogen (secondary N) is 1. The molecule has 0 spiro atoms. The van der Waals surface area contributed by atoms with Crippen LogP contribution in [0.25, 0.3) is 0 Å². The van der Waals surface area contributed by atoms with E-state index in [1.54, 1.807) is 19.1 Å². The van der Waals surface area contributed by atoms with Crippen molar-refractivity contribution in [1.29, 1.82) is 0 Å². The molecule has 0 fully saturated rings. The third-order valence-electron chi connectivity index (χ3n) is 3.34. The van der Waals surface area contributed by atoms with Crippen LogP contribution < -0.4 is 10.1 Å². The molecule has 0 saturated heterocycles. The molecule has 1 N–H and O–H groups in total. The first-order valence-corrected chi connectivity index (χ1v) is 8.70. The minimum absolute atomic E-state index is 0.0421. The number of methoxy groups -OCH3 is 1. The number of carbonyl (C=O) groups excluding carboxylic acids is 2. The molecule has 0 unspecified atom stereocenters. The van der Waals surface area contributed by atoms with Crippen LogP contribution >= 0.6 is 46.4 Å². The molecule has 1 amide bonds. The van der Waals surface area contributed by atoms with Crippen molar-refractivity contribution < 1.29 is 19.1 Å². The highest BCUT2D eigenvalue weighted by Crippen LogP contribution is 2.32. The summed E-state index contributed by atoms with van der Waals surface area (Å²) < 4.78 is 10.1. The van der Waals surface area contributed by atoms with E-state index in [4.69, 9.17) is 55.9 Å². The summed E-state index contributed by atoms with van der Waals surface area (Å²) in [4.78, 5) is 24.2. The summed E-state index contributed by atoms with van der Waals surface area (Å²) in [6.07, 6.45) is 0. The molecule has 26 heavy (non-hydrogen) atoms. The monoisotopic (exact) mass is 435 g/mol. The number of hydrogen-bond donors (Lipinski definition) is 1. The highest BCUT2D eigenvalue weighted by Gasteiger charge is 2.20. The quantitative estimate of drug-likeness (QED) is 0.502. The molecule has 2 aromatic rings. The number of ether oxygens (including phenoxy) is 2. The van der Waals surface area contributed by atoms with Crippen molar-refractivity contribution >= 4 is 64.0 Å². The lowest BCUT2D eigenvalue weighted by Crippen LogP contribution is -2.21. The van der Waals surface area contributed by atoms with E-state index in [1.165, 1.54) is 19.2 Å². The van der Waals surface area contributed by atoms with E-state index in [0.29, 0.717) is 16.5 Å². The van der Waals surface area contributed by atoms with Crippen LogP contribution in [0.2, 0.25) is 20.1 Å². The van der Waals surface area contributed by atoms with Crippen LogP contribution in [0, 0.1) is 6.92 Å². The highest BCUT2D eigenvalue weighted by molar-refractivity contribution is 6.46. The lowest BCUT2D eigenvalue weighted by atomic mass is 10.2. The van der Waals surface area contributed by atoms with Crippen LogP contribution in [-0.4, -0.2) is 25.6 Å². The zero-order valence-electron chi connectivity index (χ0n) is 13.7. The van der Waals surface area contributed by atoms with Crippen LogP contribution in [-0.2, 0) is 9.53 Å². The molecule has 2 rings (SSSR count). The van der Waals surface area contributed by atoms with E-state index < -0.39 is 18.5 Å². The summed E-state index contributed by atoms with van der Waals surface area (Å²) in [5, 5.41) is 3.26. The van der Waals surface area contributed by atoms with Crippen LogP contribution in [0.3, 0.4) is 0 Å². The van der Waals surface area contributed by atoms with Gasteiger partial charge in [0.1, 0.15) is 5.75 Å². The van der Waals surface area contributed by atoms with E-state index >= 15 is 0 Å². The molecular weight excluding hydrogens is 424 g/mol. The number of esters is 1. The average Bonchev–Trinajstić information content (AvgIpc) is 2.59. The molecular formula is C17H13Cl4NO4. The Morgan fingerprint density at radius 2 is 1.69 bits per heavy atom. The first kappa shape index (κ1) is 20.6. The minimum Gasteiger partial charge on any atom is -0.495 e. The summed E-state index contributed by atoms with van der Waals surface area (Å²) in [5.41, 5.74) is 1.04. The van der Waals surface area contributed by atoms with Gasteiger partial charge in [-0.05, 0) is 30.7 Å². The number of carbonyl (C=O) groups is 2. The van der Waals surface area contributed by atoms with Gasteiger partial charge in [0.05, 0.1) is 33.4 Å². The zero-order chi connectivity index (χ0) is 19.4. The standard InChI is InChI=1S/C17H13Cl4NO4/c1-8-5-12(13(25-2)6-11(8)20)22-14(23)7-26-17(24)15-9(18)3-4-10(19)16(15)21/h3-6H,7H2,1-2H3,(H,22,23). The van der Waals surface area contributed by atoms with Crippen molar-refractivity contribution in [3.05, 3.63) is 55.5 Å². The van der Waals surface area contributed by atoms with Gasteiger partial charge in [0.25, 0.3) is 5.91 Å². The predicted octanol–water partition coefficient (Wildman–Crippen LogP) is 5.41. The molecule has 9 heteroatoms. The van der Waals surface area contributed by atoms with Crippen molar-refractivity contribution in [1.82, 2.24) is 0 Å². The Bertz CT molecular complexity index is 870. The van der Waals surface area contributed by atoms with Crippen molar-refractivity contribution in [2.24, 2.45) is 0 Å². The minimum atomic E-state index is -0.864. The van der Waals surface area contributed by atoms with Crippen molar-refractivity contribution in [2.45, 2.75) is 6.92 Å². The molecule has 2 aromatic carbocycles. The summed E-state index contributed by atoms with van der Waals surface area (Å²) in [6, 6.07) is 6.08. The molecule has 0 radical (unpaired) electrons. The van der Waals surface area contributed by atoms with Gasteiger partial charge in [-0.3, -0.25) is 4.79 Å². The lowest BCUT2D eigenvalue weighted by molar-refractivity contribution is -0.119. The SMILES string of the molecule is COc1cc(Cl)c(C)cc1NC(=O)COC(=O)c1c(Cl)ccc(Cl)c1Cl. The maximum Gasteiger partial charge on any atom is 0.341 e. The summed E-state index contributed by atoms with van der Waals surface area (Å²) in [5.74, 6) is -1.06. The van der Waals surface area contributed by atoms with Crippen LogP contribution in [0.15, 0.2) is 24.3 Å². The molecule has 0 atom stereocenters. The van der Waals surface area contributed by atoms with E-state index in [-0.39, 0.29) is 20.6 Å². The van der Waals surface area contributed by atoms with Gasteiger partial charge in [0.2, 0.25) is 0 Å². The summed E-state index contributed by atoms with van der Waals surface area (Å²) in [7, 11) is 1.44. The van der Waals surface area contributed by atoms with Gasteiger partial charge in [-0.2, -0.15) is 0 Å². The molecule has 0 aliphatic heterocycles. The number of benzene rings is 2. The van der Waals surface area contributed by atoms with Gasteiger partial charge in [0, 0.05) is 11.1 Å². The Morgan fingerprint density at radius 1 is 1.04 bits per heavy atom. The van der Waals surface area contributed by atoms with Gasteiger partial charge in [-0.1, -0.05) is 46.4 Å². The average molecular weight is 437 g/mol. The first-order valence-electron chi connectivity index (χ1n) is 7.19. The lowest BCUT2D eigenvalue weighted by Gasteiger charge is -2.13. The smallest absolute Gasteiger partial charge is 0.341 e. The number of hydrogen-bond acceptors (Lipinski definition) is 4. The zero-order valence-corrected chi connectivity index (χ0v) is 16.7. The van der Waals surface area contributed by atoms with E-state index in [2.05, 4.69) is 5.32 Å². The molecule has 0 aliphatic carbocycles. The third kappa shape index (κ3) is 4.74. The van der Waals surface area contributed by atoms with Crippen molar-refractivity contribution in [3.8, 4) is 5.75 Å². The second-order valence-corrected chi connectivity index (χ2v) is 6.74. The molecule has 0 saturated carbocycles. The molecule has 0 bridgehead atoms. The Labute approximate surface area is 170 Å². The highest BCUT2D eigenvalue weighted by atomic mass is 35.5. The summed E-state index contributed by atoms with van der Waals surface area (Å²) in [6.45, 7) is 1.23. The Kier molecular flexibility index (Phi) is 7.01. The van der Waals surface area contributed by atoms with Gasteiger partial charge < -0.3 is 14.8 Å². The number of anilines is 1. The summed E-state index contributed by atoms with van der Waals surface area (Å²) >= 11 is 23.8. The number of amides is 1. The second-order valence-electron chi connectivity index (χ2n) is 5.14. The maximum absolute atomic E-state index is 12.1. The largest absolute Gasteiger partial charge is 0.495 e. The van der Waals surface area contributed by atoms with Gasteiger partial charge in [-0.15, -0.1) is 0 Å². The fourth-order valence-electron chi connectivity index (χ4n) is 2.03. The van der Waals surface area contributed by atoms with Gasteiger partial charge in [-0.25, -0.2) is 4.79 Å². The molecule has 0 aromatic heterocycles. The number of halogens is 4. The molecule has 5 nitrogen and oxygen atoms in total. The Morgan fingerprint density at radius 3 is 2.35 bits per heavy atom. The predicted molar refractivity (Wildman–Crippen MR) is 103 cm³/mol. The molecule has 138 valence electrons. The first-order chi connectivity index (χ1) is 12.2. The Hall–Kier alpha value is -1.66. The van der Waals surface area contributed by atoms with E-state index in [0.717, 1.165) is 5.56 Å². The second kappa shape index (κ2) is 8.82. The van der Waals surface area contributed by atoms with E-state index in [1.807, 2.05) is 0 Å². The fourth-order valence-corrected chi connectivity index (χ4v) is 2.87. The molecule has 0 aliphatic rings. The van der Waals surface area contributed by atoms with Gasteiger partial charge >= 0.3 is 5.97 Å².